The quantitative estimate of drug-likeness (QED) is 0.794. The second-order valence-corrected chi connectivity index (χ2v) is 6.76. The predicted molar refractivity (Wildman–Crippen MR) is 76.8 cm³/mol. The molecule has 1 saturated heterocycles. The number of nitrogens with zero attached hydrogens (tertiary/aromatic N) is 1. The van der Waals surface area contributed by atoms with E-state index in [2.05, 4.69) is 10.2 Å². The smallest absolute Gasteiger partial charge is 0.236 e. The van der Waals surface area contributed by atoms with Crippen LogP contribution in [0.15, 0.2) is 0 Å². The number of hydrogen-bond acceptors (Lipinski definition) is 4. The Labute approximate surface area is 114 Å². The highest BCUT2D eigenvalue weighted by atomic mass is 32.2. The van der Waals surface area contributed by atoms with Gasteiger partial charge in [0.15, 0.2) is 0 Å². The average molecular weight is 271 g/mol. The number of nitrogens with one attached hydrogen (secondary N) is 1. The van der Waals surface area contributed by atoms with Crippen LogP contribution in [-0.2, 0) is 4.79 Å². The summed E-state index contributed by atoms with van der Waals surface area (Å²) in [5.41, 5.74) is 5.83. The van der Waals surface area contributed by atoms with Crippen LogP contribution in [0, 0.1) is 0 Å². The van der Waals surface area contributed by atoms with Gasteiger partial charge >= 0.3 is 0 Å². The Hall–Kier alpha value is -0.260. The molecule has 1 amide bonds. The number of rotatable bonds is 4. The fraction of sp³-hybridized carbons (Fsp3) is 0.923. The van der Waals surface area contributed by atoms with E-state index in [9.17, 15) is 4.79 Å². The lowest BCUT2D eigenvalue weighted by atomic mass is 9.94. The van der Waals surface area contributed by atoms with Gasteiger partial charge in [0.2, 0.25) is 5.91 Å². The first-order chi connectivity index (χ1) is 8.64. The maximum atomic E-state index is 11.7. The van der Waals surface area contributed by atoms with Crippen LogP contribution in [-0.4, -0.2) is 53.5 Å². The van der Waals surface area contributed by atoms with E-state index in [0.29, 0.717) is 0 Å². The highest BCUT2D eigenvalue weighted by Gasteiger charge is 2.40. The molecule has 2 rings (SSSR count). The van der Waals surface area contributed by atoms with Crippen molar-refractivity contribution in [2.24, 2.45) is 5.73 Å². The highest BCUT2D eigenvalue weighted by Crippen LogP contribution is 2.36. The lowest BCUT2D eigenvalue weighted by molar-refractivity contribution is -0.122. The number of carbonyl (C=O) groups is 1. The van der Waals surface area contributed by atoms with Crippen LogP contribution >= 0.6 is 11.8 Å². The van der Waals surface area contributed by atoms with Gasteiger partial charge in [-0.2, -0.15) is 11.8 Å². The minimum atomic E-state index is -0.402. The van der Waals surface area contributed by atoms with Crippen molar-refractivity contribution in [3.63, 3.8) is 0 Å². The minimum absolute atomic E-state index is 0.0207. The van der Waals surface area contributed by atoms with Crippen LogP contribution in [0.1, 0.15) is 32.6 Å². The maximum Gasteiger partial charge on any atom is 0.236 e. The number of thioether (sulfide) groups is 1. The van der Waals surface area contributed by atoms with Gasteiger partial charge in [0.1, 0.15) is 0 Å². The highest BCUT2D eigenvalue weighted by molar-refractivity contribution is 7.99. The van der Waals surface area contributed by atoms with Gasteiger partial charge in [0, 0.05) is 36.7 Å². The molecule has 104 valence electrons. The molecule has 0 aromatic carbocycles. The van der Waals surface area contributed by atoms with Gasteiger partial charge in [-0.25, -0.2) is 0 Å². The molecular weight excluding hydrogens is 246 g/mol. The minimum Gasteiger partial charge on any atom is -0.353 e. The van der Waals surface area contributed by atoms with Crippen LogP contribution in [0.3, 0.4) is 0 Å². The Morgan fingerprint density at radius 1 is 1.39 bits per heavy atom. The molecule has 0 radical (unpaired) electrons. The van der Waals surface area contributed by atoms with Gasteiger partial charge in [-0.3, -0.25) is 9.69 Å². The zero-order chi connectivity index (χ0) is 13.0. The Kier molecular flexibility index (Phi) is 4.92. The molecule has 5 heteroatoms. The monoisotopic (exact) mass is 271 g/mol. The fourth-order valence-electron chi connectivity index (χ4n) is 3.09. The maximum absolute atomic E-state index is 11.7. The predicted octanol–water partition coefficient (Wildman–Crippen LogP) is 0.811. The van der Waals surface area contributed by atoms with Crippen LogP contribution < -0.4 is 11.1 Å². The van der Waals surface area contributed by atoms with Gasteiger partial charge < -0.3 is 11.1 Å². The van der Waals surface area contributed by atoms with Gasteiger partial charge in [-0.15, -0.1) is 0 Å². The van der Waals surface area contributed by atoms with Crippen molar-refractivity contribution in [1.82, 2.24) is 10.2 Å². The van der Waals surface area contributed by atoms with E-state index in [-0.39, 0.29) is 11.4 Å². The Balaban J connectivity index is 1.95. The van der Waals surface area contributed by atoms with Gasteiger partial charge in [0.05, 0.1) is 6.04 Å². The summed E-state index contributed by atoms with van der Waals surface area (Å²) < 4.78 is 0. The largest absolute Gasteiger partial charge is 0.353 e. The Bertz CT molecular complexity index is 284. The molecule has 1 saturated carbocycles. The molecule has 18 heavy (non-hydrogen) atoms. The second kappa shape index (κ2) is 6.26. The molecule has 1 atom stereocenters. The van der Waals surface area contributed by atoms with Crippen LogP contribution in [0.2, 0.25) is 0 Å². The average Bonchev–Trinajstić information content (AvgIpc) is 2.87. The molecular formula is C13H25N3OS. The van der Waals surface area contributed by atoms with E-state index < -0.39 is 6.04 Å². The molecule has 3 N–H and O–H groups in total. The summed E-state index contributed by atoms with van der Waals surface area (Å²) in [6.45, 7) is 4.85. The number of hydrogen-bond donors (Lipinski definition) is 2. The molecule has 2 fully saturated rings. The second-order valence-electron chi connectivity index (χ2n) is 5.54. The van der Waals surface area contributed by atoms with E-state index in [1.807, 2.05) is 11.8 Å². The topological polar surface area (TPSA) is 58.4 Å². The van der Waals surface area contributed by atoms with E-state index in [0.717, 1.165) is 6.54 Å². The van der Waals surface area contributed by atoms with E-state index in [1.54, 1.807) is 6.92 Å². The third-order valence-corrected chi connectivity index (χ3v) is 5.16. The molecule has 0 bridgehead atoms. The van der Waals surface area contributed by atoms with E-state index in [4.69, 9.17) is 5.73 Å². The first-order valence-electron chi connectivity index (χ1n) is 7.00. The normalized spacial score (nSPS) is 25.9. The molecule has 0 aromatic heterocycles. The lowest BCUT2D eigenvalue weighted by Gasteiger charge is -2.43. The van der Waals surface area contributed by atoms with Crippen LogP contribution in [0.5, 0.6) is 0 Å². The van der Waals surface area contributed by atoms with Gasteiger partial charge in [0.25, 0.3) is 0 Å². The van der Waals surface area contributed by atoms with Crippen molar-refractivity contribution in [2.75, 3.05) is 31.1 Å². The summed E-state index contributed by atoms with van der Waals surface area (Å²) in [5, 5.41) is 3.05. The summed E-state index contributed by atoms with van der Waals surface area (Å²) in [6.07, 6.45) is 5.02. The van der Waals surface area contributed by atoms with Crippen molar-refractivity contribution in [1.29, 1.82) is 0 Å². The zero-order valence-electron chi connectivity index (χ0n) is 11.3. The number of amides is 1. The number of nitrogens with two attached hydrogens (primary N) is 1. The summed E-state index contributed by atoms with van der Waals surface area (Å²) in [5.74, 6) is 2.43. The van der Waals surface area contributed by atoms with Gasteiger partial charge in [-0.1, -0.05) is 12.8 Å². The van der Waals surface area contributed by atoms with E-state index in [1.165, 1.54) is 50.3 Å². The molecule has 1 unspecified atom stereocenters. The van der Waals surface area contributed by atoms with Crippen molar-refractivity contribution in [3.05, 3.63) is 0 Å². The van der Waals surface area contributed by atoms with Crippen molar-refractivity contribution in [2.45, 2.75) is 44.2 Å². The third-order valence-electron chi connectivity index (χ3n) is 4.22. The van der Waals surface area contributed by atoms with Crippen molar-refractivity contribution in [3.8, 4) is 0 Å². The molecule has 4 nitrogen and oxygen atoms in total. The molecule has 1 aliphatic carbocycles. The lowest BCUT2D eigenvalue weighted by Crippen LogP contribution is -2.57. The first kappa shape index (κ1) is 14.2. The summed E-state index contributed by atoms with van der Waals surface area (Å²) in [6, 6.07) is -0.402. The fourth-order valence-corrected chi connectivity index (χ4v) is 3.99. The third kappa shape index (κ3) is 3.19. The van der Waals surface area contributed by atoms with E-state index >= 15 is 0 Å². The number of carbonyl (C=O) groups excluding carboxylic acids is 1. The SMILES string of the molecule is CC(N)C(=O)NCC1(N2CCSCC2)CCCC1. The Morgan fingerprint density at radius 2 is 2.00 bits per heavy atom. The van der Waals surface area contributed by atoms with Crippen LogP contribution in [0.25, 0.3) is 0 Å². The summed E-state index contributed by atoms with van der Waals surface area (Å²) in [7, 11) is 0. The summed E-state index contributed by atoms with van der Waals surface area (Å²) in [4.78, 5) is 14.3. The Morgan fingerprint density at radius 3 is 2.56 bits per heavy atom. The molecule has 1 aliphatic heterocycles. The van der Waals surface area contributed by atoms with Crippen LogP contribution in [0.4, 0.5) is 0 Å². The van der Waals surface area contributed by atoms with Gasteiger partial charge in [-0.05, 0) is 19.8 Å². The molecule has 0 aromatic rings. The van der Waals surface area contributed by atoms with Crippen molar-refractivity contribution < 1.29 is 4.79 Å². The molecule has 2 aliphatic rings. The first-order valence-corrected chi connectivity index (χ1v) is 8.16. The zero-order valence-corrected chi connectivity index (χ0v) is 12.1. The molecule has 1 heterocycles. The summed E-state index contributed by atoms with van der Waals surface area (Å²) >= 11 is 2.04. The molecule has 0 spiro atoms. The standard InChI is InChI=1S/C13H25N3OS/c1-11(14)12(17)15-10-13(4-2-3-5-13)16-6-8-18-9-7-16/h11H,2-10,14H2,1H3,(H,15,17). The van der Waals surface area contributed by atoms with Crippen molar-refractivity contribution >= 4 is 17.7 Å².